The molecule has 5 nitrogen and oxygen atoms in total. The van der Waals surface area contributed by atoms with E-state index in [-0.39, 0.29) is 0 Å². The summed E-state index contributed by atoms with van der Waals surface area (Å²) in [6, 6.07) is 5.37. The van der Waals surface area contributed by atoms with Gasteiger partial charge in [-0.25, -0.2) is 4.68 Å². The molecule has 0 saturated heterocycles. The Morgan fingerprint density at radius 1 is 1.33 bits per heavy atom. The number of aromatic nitrogens is 4. The summed E-state index contributed by atoms with van der Waals surface area (Å²) in [4.78, 5) is 0. The van der Waals surface area contributed by atoms with Crippen molar-refractivity contribution in [1.82, 2.24) is 20.2 Å². The number of hydrogen-bond donors (Lipinski definition) is 1. The van der Waals surface area contributed by atoms with Crippen LogP contribution >= 0.6 is 11.6 Å². The fourth-order valence-corrected chi connectivity index (χ4v) is 2.60. The Kier molecular flexibility index (Phi) is 5.56. The Morgan fingerprint density at radius 3 is 2.86 bits per heavy atom. The van der Waals surface area contributed by atoms with Crippen molar-refractivity contribution >= 4 is 17.3 Å². The minimum atomic E-state index is 0.576. The molecule has 114 valence electrons. The first kappa shape index (κ1) is 15.8. The molecule has 0 spiro atoms. The Morgan fingerprint density at radius 2 is 2.14 bits per heavy atom. The lowest BCUT2D eigenvalue weighted by molar-refractivity contribution is 0.370. The maximum atomic E-state index is 6.25. The van der Waals surface area contributed by atoms with Gasteiger partial charge in [-0.2, -0.15) is 0 Å². The van der Waals surface area contributed by atoms with Gasteiger partial charge in [0.15, 0.2) is 5.82 Å². The number of hydrogen-bond acceptors (Lipinski definition) is 4. The lowest BCUT2D eigenvalue weighted by Crippen LogP contribution is -2.13. The third kappa shape index (κ3) is 3.94. The van der Waals surface area contributed by atoms with Gasteiger partial charge < -0.3 is 5.73 Å². The Bertz CT molecular complexity index is 581. The highest BCUT2D eigenvalue weighted by molar-refractivity contribution is 6.33. The van der Waals surface area contributed by atoms with Crippen LogP contribution in [0.4, 0.5) is 5.69 Å². The molecule has 6 heteroatoms. The zero-order valence-corrected chi connectivity index (χ0v) is 13.3. The minimum Gasteiger partial charge on any atom is -0.399 e. The van der Waals surface area contributed by atoms with Crippen molar-refractivity contribution in [3.05, 3.63) is 23.2 Å². The van der Waals surface area contributed by atoms with E-state index in [1.165, 1.54) is 19.3 Å². The van der Waals surface area contributed by atoms with E-state index in [9.17, 15) is 0 Å². The van der Waals surface area contributed by atoms with Crippen molar-refractivity contribution in [2.45, 2.75) is 46.1 Å². The van der Waals surface area contributed by atoms with Gasteiger partial charge >= 0.3 is 0 Å². The molecular weight excluding hydrogens is 286 g/mol. The molecule has 0 aliphatic carbocycles. The highest BCUT2D eigenvalue weighted by atomic mass is 35.5. The molecule has 1 atom stereocenters. The van der Waals surface area contributed by atoms with Crippen LogP contribution in [0.2, 0.25) is 5.02 Å². The quantitative estimate of drug-likeness (QED) is 0.790. The summed E-state index contributed by atoms with van der Waals surface area (Å²) >= 11 is 6.25. The van der Waals surface area contributed by atoms with Crippen molar-refractivity contribution in [3.8, 4) is 11.4 Å². The molecule has 1 heterocycles. The second-order valence-corrected chi connectivity index (χ2v) is 5.75. The first-order chi connectivity index (χ1) is 10.2. The van der Waals surface area contributed by atoms with Crippen molar-refractivity contribution in [3.63, 3.8) is 0 Å². The average molecular weight is 308 g/mol. The maximum absolute atomic E-state index is 6.25. The second kappa shape index (κ2) is 7.41. The van der Waals surface area contributed by atoms with E-state index in [1.54, 1.807) is 12.1 Å². The standard InChI is InChI=1S/C15H22ClN5/c1-3-5-6-11(4-2)10-21-15(18-19-20-21)13-9-12(17)7-8-14(13)16/h7-9,11H,3-6,10,17H2,1-2H3. The lowest BCUT2D eigenvalue weighted by atomic mass is 9.99. The minimum absolute atomic E-state index is 0.576. The number of unbranched alkanes of at least 4 members (excludes halogenated alkanes) is 1. The molecule has 0 saturated carbocycles. The first-order valence-corrected chi connectivity index (χ1v) is 7.85. The van der Waals surface area contributed by atoms with Gasteiger partial charge in [-0.1, -0.05) is 44.7 Å². The number of tetrazole rings is 1. The third-order valence-corrected chi connectivity index (χ3v) is 4.07. The van der Waals surface area contributed by atoms with Gasteiger partial charge in [0.2, 0.25) is 0 Å². The monoisotopic (exact) mass is 307 g/mol. The van der Waals surface area contributed by atoms with Crippen LogP contribution in [0.5, 0.6) is 0 Å². The molecule has 2 aromatic rings. The summed E-state index contributed by atoms with van der Waals surface area (Å²) in [5.41, 5.74) is 7.28. The van der Waals surface area contributed by atoms with E-state index in [4.69, 9.17) is 17.3 Å². The highest BCUT2D eigenvalue weighted by Gasteiger charge is 2.16. The molecular formula is C15H22ClN5. The van der Waals surface area contributed by atoms with E-state index in [0.717, 1.165) is 18.5 Å². The molecule has 21 heavy (non-hydrogen) atoms. The largest absolute Gasteiger partial charge is 0.399 e. The van der Waals surface area contributed by atoms with Gasteiger partial charge in [-0.3, -0.25) is 0 Å². The summed E-state index contributed by atoms with van der Waals surface area (Å²) in [7, 11) is 0. The molecule has 2 N–H and O–H groups in total. The Hall–Kier alpha value is -1.62. The predicted octanol–water partition coefficient (Wildman–Crippen LogP) is 3.79. The second-order valence-electron chi connectivity index (χ2n) is 5.34. The fraction of sp³-hybridized carbons (Fsp3) is 0.533. The van der Waals surface area contributed by atoms with E-state index >= 15 is 0 Å². The fourth-order valence-electron chi connectivity index (χ4n) is 2.40. The van der Waals surface area contributed by atoms with Crippen molar-refractivity contribution in [1.29, 1.82) is 0 Å². The SMILES string of the molecule is CCCCC(CC)Cn1nnnc1-c1cc(N)ccc1Cl. The van der Waals surface area contributed by atoms with Gasteiger partial charge in [0, 0.05) is 17.8 Å². The molecule has 1 aromatic heterocycles. The van der Waals surface area contributed by atoms with Crippen LogP contribution in [0.25, 0.3) is 11.4 Å². The van der Waals surface area contributed by atoms with E-state index < -0.39 is 0 Å². The van der Waals surface area contributed by atoms with Gasteiger partial charge in [0.1, 0.15) is 0 Å². The Balaban J connectivity index is 2.23. The number of benzene rings is 1. The molecule has 1 unspecified atom stereocenters. The number of halogens is 1. The number of anilines is 1. The van der Waals surface area contributed by atoms with Gasteiger partial charge in [-0.05, 0) is 41.0 Å². The zero-order chi connectivity index (χ0) is 15.2. The van der Waals surface area contributed by atoms with Crippen LogP contribution in [0, 0.1) is 5.92 Å². The van der Waals surface area contributed by atoms with Crippen LogP contribution < -0.4 is 5.73 Å². The predicted molar refractivity (Wildman–Crippen MR) is 86.0 cm³/mol. The maximum Gasteiger partial charge on any atom is 0.183 e. The lowest BCUT2D eigenvalue weighted by Gasteiger charge is -2.15. The summed E-state index contributed by atoms with van der Waals surface area (Å²) in [5, 5.41) is 12.6. The summed E-state index contributed by atoms with van der Waals surface area (Å²) in [6.45, 7) is 5.23. The average Bonchev–Trinajstić information content (AvgIpc) is 2.93. The summed E-state index contributed by atoms with van der Waals surface area (Å²) in [6.07, 6.45) is 4.75. The van der Waals surface area contributed by atoms with Gasteiger partial charge in [-0.15, -0.1) is 5.10 Å². The van der Waals surface area contributed by atoms with Crippen molar-refractivity contribution in [2.75, 3.05) is 5.73 Å². The first-order valence-electron chi connectivity index (χ1n) is 7.47. The van der Waals surface area contributed by atoms with E-state index in [0.29, 0.717) is 22.5 Å². The van der Waals surface area contributed by atoms with Crippen LogP contribution in [0.1, 0.15) is 39.5 Å². The highest BCUT2D eigenvalue weighted by Crippen LogP contribution is 2.28. The molecule has 0 radical (unpaired) electrons. The molecule has 1 aromatic carbocycles. The summed E-state index contributed by atoms with van der Waals surface area (Å²) in [5.74, 6) is 1.26. The van der Waals surface area contributed by atoms with Crippen molar-refractivity contribution < 1.29 is 0 Å². The molecule has 2 rings (SSSR count). The number of rotatable bonds is 7. The van der Waals surface area contributed by atoms with Crippen LogP contribution in [-0.2, 0) is 6.54 Å². The van der Waals surface area contributed by atoms with E-state index in [1.807, 2.05) is 10.7 Å². The van der Waals surface area contributed by atoms with Gasteiger partial charge in [0.25, 0.3) is 0 Å². The zero-order valence-electron chi connectivity index (χ0n) is 12.6. The number of nitrogens with zero attached hydrogens (tertiary/aromatic N) is 4. The van der Waals surface area contributed by atoms with Crippen LogP contribution in [0.3, 0.4) is 0 Å². The van der Waals surface area contributed by atoms with Gasteiger partial charge in [0.05, 0.1) is 5.02 Å². The smallest absolute Gasteiger partial charge is 0.183 e. The normalized spacial score (nSPS) is 12.5. The molecule has 0 aliphatic rings. The number of nitrogens with two attached hydrogens (primary N) is 1. The summed E-state index contributed by atoms with van der Waals surface area (Å²) < 4.78 is 1.84. The molecule has 0 fully saturated rings. The topological polar surface area (TPSA) is 69.6 Å². The Labute approximate surface area is 130 Å². The molecule has 0 bridgehead atoms. The van der Waals surface area contributed by atoms with Crippen molar-refractivity contribution in [2.24, 2.45) is 5.92 Å². The van der Waals surface area contributed by atoms with E-state index in [2.05, 4.69) is 29.4 Å². The molecule has 0 amide bonds. The molecule has 0 aliphatic heterocycles. The van der Waals surface area contributed by atoms with Crippen LogP contribution in [-0.4, -0.2) is 20.2 Å². The van der Waals surface area contributed by atoms with Crippen LogP contribution in [0.15, 0.2) is 18.2 Å². The number of nitrogen functional groups attached to an aromatic ring is 1. The third-order valence-electron chi connectivity index (χ3n) is 3.74.